The van der Waals surface area contributed by atoms with Crippen LogP contribution in [0.25, 0.3) is 0 Å². The van der Waals surface area contributed by atoms with Crippen LogP contribution in [0.5, 0.6) is 0 Å². The summed E-state index contributed by atoms with van der Waals surface area (Å²) < 4.78 is 2.26. The van der Waals surface area contributed by atoms with Gasteiger partial charge in [-0.25, -0.2) is 5.10 Å². The number of halogens is 1. The quantitative estimate of drug-likeness (QED) is 0.693. The maximum absolute atomic E-state index is 4.42. The maximum atomic E-state index is 4.42. The molecule has 3 aromatic rings. The molecule has 102 valence electrons. The van der Waals surface area contributed by atoms with Crippen LogP contribution >= 0.6 is 39.0 Å². The molecule has 2 aromatic heterocycles. The second-order valence-electron chi connectivity index (χ2n) is 4.12. The summed E-state index contributed by atoms with van der Waals surface area (Å²) in [5, 5.41) is 11.0. The van der Waals surface area contributed by atoms with Crippen LogP contribution < -0.4 is 5.32 Å². The van der Waals surface area contributed by atoms with Gasteiger partial charge in [-0.2, -0.15) is 4.98 Å². The van der Waals surface area contributed by atoms with Crippen molar-refractivity contribution in [1.29, 1.82) is 0 Å². The van der Waals surface area contributed by atoms with E-state index in [1.165, 1.54) is 17.3 Å². The van der Waals surface area contributed by atoms with Crippen molar-refractivity contribution in [2.45, 2.75) is 16.3 Å². The molecule has 0 atom stereocenters. The highest BCUT2D eigenvalue weighted by molar-refractivity contribution is 9.11. The Labute approximate surface area is 133 Å². The van der Waals surface area contributed by atoms with E-state index in [0.29, 0.717) is 11.1 Å². The largest absolute Gasteiger partial charge is 0.325 e. The minimum absolute atomic E-state index is 0.647. The molecule has 0 saturated carbocycles. The van der Waals surface area contributed by atoms with Crippen molar-refractivity contribution in [3.8, 4) is 0 Å². The number of hydrogen-bond acceptors (Lipinski definition) is 5. The minimum Gasteiger partial charge on any atom is -0.325 e. The molecule has 0 unspecified atom stereocenters. The third-order valence-electron chi connectivity index (χ3n) is 2.49. The normalized spacial score (nSPS) is 10.7. The van der Waals surface area contributed by atoms with Crippen molar-refractivity contribution in [3.05, 3.63) is 45.7 Å². The van der Waals surface area contributed by atoms with Crippen LogP contribution in [0.15, 0.2) is 49.6 Å². The molecule has 7 heteroatoms. The predicted molar refractivity (Wildman–Crippen MR) is 87.0 cm³/mol. The van der Waals surface area contributed by atoms with E-state index in [1.807, 2.05) is 24.3 Å². The highest BCUT2D eigenvalue weighted by Crippen LogP contribution is 2.34. The Hall–Kier alpha value is -1.31. The molecule has 0 aliphatic rings. The van der Waals surface area contributed by atoms with Gasteiger partial charge in [0, 0.05) is 5.69 Å². The minimum atomic E-state index is 0.647. The van der Waals surface area contributed by atoms with E-state index in [4.69, 9.17) is 0 Å². The first-order valence-corrected chi connectivity index (χ1v) is 8.31. The summed E-state index contributed by atoms with van der Waals surface area (Å²) in [6.07, 6.45) is 0. The molecular formula is C13H11BrN4S2. The third-order valence-corrected chi connectivity index (χ3v) is 5.11. The van der Waals surface area contributed by atoms with Crippen molar-refractivity contribution in [2.75, 3.05) is 5.32 Å². The lowest BCUT2D eigenvalue weighted by Gasteiger charge is -2.02. The Morgan fingerprint density at radius 2 is 2.20 bits per heavy atom. The molecule has 0 radical (unpaired) electrons. The molecule has 0 bridgehead atoms. The van der Waals surface area contributed by atoms with Gasteiger partial charge in [-0.15, -0.1) is 16.4 Å². The van der Waals surface area contributed by atoms with Crippen LogP contribution in [0.2, 0.25) is 0 Å². The number of aryl methyl sites for hydroxylation is 1. The number of nitrogens with zero attached hydrogens (tertiary/aromatic N) is 2. The van der Waals surface area contributed by atoms with Gasteiger partial charge in [-0.1, -0.05) is 12.1 Å². The lowest BCUT2D eigenvalue weighted by atomic mass is 10.2. The van der Waals surface area contributed by atoms with E-state index in [1.54, 1.807) is 11.3 Å². The predicted octanol–water partition coefficient (Wildman–Crippen LogP) is 4.83. The lowest BCUT2D eigenvalue weighted by molar-refractivity contribution is 0.975. The smallest absolute Gasteiger partial charge is 0.223 e. The van der Waals surface area contributed by atoms with Gasteiger partial charge in [0.25, 0.3) is 0 Å². The van der Waals surface area contributed by atoms with Crippen LogP contribution in [-0.2, 0) is 0 Å². The lowest BCUT2D eigenvalue weighted by Crippen LogP contribution is -1.92. The van der Waals surface area contributed by atoms with Gasteiger partial charge in [-0.05, 0) is 64.4 Å². The molecule has 1 aromatic carbocycles. The van der Waals surface area contributed by atoms with Crippen LogP contribution in [0, 0.1) is 6.92 Å². The fourth-order valence-corrected chi connectivity index (χ4v) is 4.30. The number of aromatic nitrogens is 3. The van der Waals surface area contributed by atoms with Crippen molar-refractivity contribution in [2.24, 2.45) is 0 Å². The first kappa shape index (κ1) is 13.7. The van der Waals surface area contributed by atoms with Crippen molar-refractivity contribution >= 4 is 50.7 Å². The molecule has 20 heavy (non-hydrogen) atoms. The van der Waals surface area contributed by atoms with Gasteiger partial charge in [0.05, 0.1) is 8.00 Å². The molecule has 0 spiro atoms. The van der Waals surface area contributed by atoms with Gasteiger partial charge in [-0.3, -0.25) is 0 Å². The summed E-state index contributed by atoms with van der Waals surface area (Å²) in [6, 6.07) is 12.2. The summed E-state index contributed by atoms with van der Waals surface area (Å²) >= 11 is 6.65. The summed E-state index contributed by atoms with van der Waals surface area (Å²) in [6.45, 7) is 2.06. The number of nitrogens with one attached hydrogen (secondary N) is 2. The Morgan fingerprint density at radius 1 is 1.30 bits per heavy atom. The van der Waals surface area contributed by atoms with Gasteiger partial charge in [0.15, 0.2) is 0 Å². The molecule has 3 rings (SSSR count). The highest BCUT2D eigenvalue weighted by atomic mass is 79.9. The zero-order valence-corrected chi connectivity index (χ0v) is 13.8. The average molecular weight is 367 g/mol. The molecule has 2 heterocycles. The third kappa shape index (κ3) is 3.41. The first-order valence-electron chi connectivity index (χ1n) is 5.88. The zero-order chi connectivity index (χ0) is 13.9. The molecule has 2 N–H and O–H groups in total. The van der Waals surface area contributed by atoms with Gasteiger partial charge in [0.1, 0.15) is 0 Å². The molecule has 0 aliphatic heterocycles. The highest BCUT2D eigenvalue weighted by Gasteiger charge is 2.07. The van der Waals surface area contributed by atoms with E-state index < -0.39 is 0 Å². The van der Waals surface area contributed by atoms with Crippen molar-refractivity contribution in [1.82, 2.24) is 15.2 Å². The molecule has 0 fully saturated rings. The Morgan fingerprint density at radius 3 is 2.95 bits per heavy atom. The Kier molecular flexibility index (Phi) is 4.09. The fourth-order valence-electron chi connectivity index (χ4n) is 1.65. The number of aromatic amines is 1. The van der Waals surface area contributed by atoms with E-state index in [0.717, 1.165) is 13.7 Å². The van der Waals surface area contributed by atoms with Gasteiger partial charge in [0.2, 0.25) is 11.1 Å². The monoisotopic (exact) mass is 366 g/mol. The second-order valence-corrected chi connectivity index (χ2v) is 7.85. The summed E-state index contributed by atoms with van der Waals surface area (Å²) in [5.41, 5.74) is 2.20. The second kappa shape index (κ2) is 5.99. The zero-order valence-electron chi connectivity index (χ0n) is 10.6. The molecule has 4 nitrogen and oxygen atoms in total. The molecule has 0 amide bonds. The van der Waals surface area contributed by atoms with E-state index in [9.17, 15) is 0 Å². The SMILES string of the molecule is Cc1cccc(Nc2nc(Sc3ccc(Br)s3)n[nH]2)c1. The van der Waals surface area contributed by atoms with E-state index in [2.05, 4.69) is 55.5 Å². The standard InChI is InChI=1S/C13H11BrN4S2/c1-8-3-2-4-9(7-8)15-12-16-13(18-17-12)20-11-6-5-10(14)19-11/h2-7H,1H3,(H2,15,16,17,18). The van der Waals surface area contributed by atoms with Gasteiger partial charge < -0.3 is 5.32 Å². The summed E-state index contributed by atoms with van der Waals surface area (Å²) in [4.78, 5) is 4.42. The molecule has 0 saturated heterocycles. The summed E-state index contributed by atoms with van der Waals surface area (Å²) in [5.74, 6) is 0.647. The number of thiophene rings is 1. The van der Waals surface area contributed by atoms with Crippen LogP contribution in [-0.4, -0.2) is 15.2 Å². The molecular weight excluding hydrogens is 356 g/mol. The number of anilines is 2. The number of rotatable bonds is 4. The Bertz CT molecular complexity index is 722. The van der Waals surface area contributed by atoms with Crippen molar-refractivity contribution in [3.63, 3.8) is 0 Å². The van der Waals surface area contributed by atoms with E-state index >= 15 is 0 Å². The van der Waals surface area contributed by atoms with E-state index in [-0.39, 0.29) is 0 Å². The number of hydrogen-bond donors (Lipinski definition) is 2. The number of benzene rings is 1. The first-order chi connectivity index (χ1) is 9.69. The summed E-state index contributed by atoms with van der Waals surface area (Å²) in [7, 11) is 0. The topological polar surface area (TPSA) is 53.6 Å². The molecule has 0 aliphatic carbocycles. The Balaban J connectivity index is 1.70. The van der Waals surface area contributed by atoms with Gasteiger partial charge >= 0.3 is 0 Å². The van der Waals surface area contributed by atoms with Crippen LogP contribution in [0.1, 0.15) is 5.56 Å². The van der Waals surface area contributed by atoms with Crippen LogP contribution in [0.3, 0.4) is 0 Å². The fraction of sp³-hybridized carbons (Fsp3) is 0.0769. The van der Waals surface area contributed by atoms with Crippen LogP contribution in [0.4, 0.5) is 11.6 Å². The number of H-pyrrole nitrogens is 1. The van der Waals surface area contributed by atoms with Crippen molar-refractivity contribution < 1.29 is 0 Å². The maximum Gasteiger partial charge on any atom is 0.223 e. The average Bonchev–Trinajstić information content (AvgIpc) is 3.00.